The van der Waals surface area contributed by atoms with Crippen molar-refractivity contribution in [2.45, 2.75) is 0 Å². The van der Waals surface area contributed by atoms with Crippen LogP contribution in [-0.2, 0) is 0 Å². The van der Waals surface area contributed by atoms with Gasteiger partial charge in [0.1, 0.15) is 11.6 Å². The number of aromatic nitrogens is 2. The molecule has 0 atom stereocenters. The zero-order valence-corrected chi connectivity index (χ0v) is 20.6. The third kappa shape index (κ3) is 4.18. The molecule has 0 spiro atoms. The number of rotatable bonds is 2. The summed E-state index contributed by atoms with van der Waals surface area (Å²) in [4.78, 5) is 13.7. The van der Waals surface area contributed by atoms with Crippen molar-refractivity contribution >= 4 is 44.6 Å². The van der Waals surface area contributed by atoms with Crippen LogP contribution < -0.4 is 20.2 Å². The summed E-state index contributed by atoms with van der Waals surface area (Å²) in [6, 6.07) is 33.4. The number of anilines is 2. The molecule has 0 unspecified atom stereocenters. The Balaban J connectivity index is 1.11. The van der Waals surface area contributed by atoms with E-state index in [2.05, 4.69) is 110 Å². The Morgan fingerprint density at radius 1 is 0.395 bits per heavy atom. The molecule has 0 saturated carbocycles. The van der Waals surface area contributed by atoms with Gasteiger partial charge in [0, 0.05) is 35.6 Å². The molecular formula is C34H24N4. The van der Waals surface area contributed by atoms with Crippen molar-refractivity contribution < 1.29 is 0 Å². The van der Waals surface area contributed by atoms with Gasteiger partial charge in [-0.3, -0.25) is 0 Å². The number of nitrogens with zero attached hydrogens (tertiary/aromatic N) is 4. The van der Waals surface area contributed by atoms with E-state index in [0.717, 1.165) is 33.4 Å². The lowest BCUT2D eigenvalue weighted by Crippen LogP contribution is -2.16. The minimum Gasteiger partial charge on any atom is -0.309 e. The van der Waals surface area contributed by atoms with E-state index in [9.17, 15) is 0 Å². The molecule has 2 aromatic heterocycles. The SMILES string of the molecule is C1=CN(c2ccc3ccccc3n2)C=CC1=c1ccc(=C2C=CN(c3ccc4ccccc4n3)C=C2)cc1. The first-order chi connectivity index (χ1) is 18.8. The lowest BCUT2D eigenvalue weighted by atomic mass is 10.1. The van der Waals surface area contributed by atoms with Crippen molar-refractivity contribution in [3.63, 3.8) is 0 Å². The van der Waals surface area contributed by atoms with Gasteiger partial charge in [-0.25, -0.2) is 9.97 Å². The third-order valence-electron chi connectivity index (χ3n) is 6.91. The Kier molecular flexibility index (Phi) is 5.41. The molecule has 0 saturated heterocycles. The van der Waals surface area contributed by atoms with Gasteiger partial charge in [-0.05, 0) is 82.3 Å². The normalized spacial score (nSPS) is 14.7. The van der Waals surface area contributed by atoms with Crippen LogP contribution >= 0.6 is 0 Å². The van der Waals surface area contributed by atoms with Crippen molar-refractivity contribution in [2.75, 3.05) is 9.80 Å². The molecule has 7 rings (SSSR count). The lowest BCUT2D eigenvalue weighted by molar-refractivity contribution is 1.19. The van der Waals surface area contributed by atoms with Gasteiger partial charge in [0.25, 0.3) is 0 Å². The van der Waals surface area contributed by atoms with Crippen molar-refractivity contribution in [1.82, 2.24) is 9.97 Å². The average molecular weight is 489 g/mol. The Bertz CT molecular complexity index is 1750. The van der Waals surface area contributed by atoms with E-state index >= 15 is 0 Å². The van der Waals surface area contributed by atoms with Crippen LogP contribution in [0.1, 0.15) is 0 Å². The highest BCUT2D eigenvalue weighted by molar-refractivity contribution is 5.82. The van der Waals surface area contributed by atoms with Gasteiger partial charge in [-0.15, -0.1) is 0 Å². The molecule has 4 heterocycles. The summed E-state index contributed by atoms with van der Waals surface area (Å²) in [5.41, 5.74) is 4.33. The number of allylic oxidation sites excluding steroid dienone is 4. The Labute approximate surface area is 220 Å². The van der Waals surface area contributed by atoms with E-state index in [-0.39, 0.29) is 0 Å². The molecule has 4 heteroatoms. The molecule has 0 N–H and O–H groups in total. The standard InChI is InChI=1S/C34H24N4/c1-3-7-31-29(5-1)13-15-33(35-31)37-21-17-27(18-22-37)25-9-11-26(12-10-25)28-19-23-38(24-20-28)34-16-14-30-6-2-4-8-32(30)36-34/h1-24H. The first-order valence-corrected chi connectivity index (χ1v) is 12.7. The number of para-hydroxylation sites is 2. The van der Waals surface area contributed by atoms with Crippen molar-refractivity contribution in [1.29, 1.82) is 0 Å². The van der Waals surface area contributed by atoms with Gasteiger partial charge < -0.3 is 9.80 Å². The van der Waals surface area contributed by atoms with Crippen molar-refractivity contribution in [3.05, 3.63) is 157 Å². The van der Waals surface area contributed by atoms with E-state index in [4.69, 9.17) is 9.97 Å². The summed E-state index contributed by atoms with van der Waals surface area (Å²) in [6.07, 6.45) is 16.8. The molecule has 38 heavy (non-hydrogen) atoms. The molecule has 2 aliphatic heterocycles. The number of benzene rings is 3. The molecule has 4 nitrogen and oxygen atoms in total. The maximum absolute atomic E-state index is 4.79. The van der Waals surface area contributed by atoms with E-state index in [1.165, 1.54) is 21.6 Å². The second-order valence-corrected chi connectivity index (χ2v) is 9.29. The van der Waals surface area contributed by atoms with Crippen molar-refractivity contribution in [3.8, 4) is 0 Å². The maximum Gasteiger partial charge on any atom is 0.137 e. The highest BCUT2D eigenvalue weighted by Gasteiger charge is 2.08. The molecule has 3 aromatic carbocycles. The highest BCUT2D eigenvalue weighted by Crippen LogP contribution is 2.22. The van der Waals surface area contributed by atoms with Crippen LogP contribution in [0, 0.1) is 0 Å². The summed E-state index contributed by atoms with van der Waals surface area (Å²) < 4.78 is 0. The maximum atomic E-state index is 4.79. The quantitative estimate of drug-likeness (QED) is 0.297. The Morgan fingerprint density at radius 2 is 0.789 bits per heavy atom. The minimum absolute atomic E-state index is 0.908. The van der Waals surface area contributed by atoms with Crippen LogP contribution in [-0.4, -0.2) is 9.97 Å². The summed E-state index contributed by atoms with van der Waals surface area (Å²) >= 11 is 0. The number of pyridine rings is 2. The fourth-order valence-corrected chi connectivity index (χ4v) is 4.80. The van der Waals surface area contributed by atoms with Gasteiger partial charge in [0.15, 0.2) is 0 Å². The molecule has 180 valence electrons. The van der Waals surface area contributed by atoms with Crippen LogP contribution in [0.3, 0.4) is 0 Å². The molecule has 5 aromatic rings. The smallest absolute Gasteiger partial charge is 0.137 e. The second kappa shape index (κ2) is 9.34. The summed E-state index contributed by atoms with van der Waals surface area (Å²) in [6.45, 7) is 0. The Hall–Kier alpha value is -5.22. The summed E-state index contributed by atoms with van der Waals surface area (Å²) in [7, 11) is 0. The second-order valence-electron chi connectivity index (χ2n) is 9.29. The number of fused-ring (bicyclic) bond motifs is 2. The molecule has 0 radical (unpaired) electrons. The van der Waals surface area contributed by atoms with Crippen LogP contribution in [0.4, 0.5) is 11.6 Å². The number of hydrogen-bond donors (Lipinski definition) is 0. The van der Waals surface area contributed by atoms with E-state index in [1.807, 2.05) is 46.2 Å². The summed E-state index contributed by atoms with van der Waals surface area (Å²) in [5, 5.41) is 4.65. The Morgan fingerprint density at radius 3 is 1.21 bits per heavy atom. The van der Waals surface area contributed by atoms with Gasteiger partial charge in [-0.2, -0.15) is 0 Å². The van der Waals surface area contributed by atoms with Crippen LogP contribution in [0.15, 0.2) is 146 Å². The molecule has 2 aliphatic rings. The first kappa shape index (κ1) is 22.0. The predicted molar refractivity (Wildman–Crippen MR) is 158 cm³/mol. The van der Waals surface area contributed by atoms with Gasteiger partial charge in [0.2, 0.25) is 0 Å². The van der Waals surface area contributed by atoms with E-state index in [0.29, 0.717) is 0 Å². The monoisotopic (exact) mass is 488 g/mol. The fourth-order valence-electron chi connectivity index (χ4n) is 4.80. The zero-order valence-electron chi connectivity index (χ0n) is 20.6. The third-order valence-corrected chi connectivity index (χ3v) is 6.91. The molecule has 0 fully saturated rings. The molecule has 0 aliphatic carbocycles. The molecule has 0 amide bonds. The van der Waals surface area contributed by atoms with Gasteiger partial charge in [-0.1, -0.05) is 60.7 Å². The average Bonchev–Trinajstić information content (AvgIpc) is 3.01. The zero-order chi connectivity index (χ0) is 25.3. The minimum atomic E-state index is 0.908. The predicted octanol–water partition coefficient (Wildman–Crippen LogP) is 6.18. The van der Waals surface area contributed by atoms with Gasteiger partial charge in [0.05, 0.1) is 11.0 Å². The summed E-state index contributed by atoms with van der Waals surface area (Å²) in [5.74, 6) is 1.82. The van der Waals surface area contributed by atoms with E-state index in [1.54, 1.807) is 0 Å². The topological polar surface area (TPSA) is 32.3 Å². The molecule has 0 bridgehead atoms. The first-order valence-electron chi connectivity index (χ1n) is 12.7. The van der Waals surface area contributed by atoms with Crippen LogP contribution in [0.5, 0.6) is 0 Å². The lowest BCUT2D eigenvalue weighted by Gasteiger charge is -2.18. The van der Waals surface area contributed by atoms with Crippen LogP contribution in [0.25, 0.3) is 33.0 Å². The van der Waals surface area contributed by atoms with Gasteiger partial charge >= 0.3 is 0 Å². The molecular weight excluding hydrogens is 464 g/mol. The highest BCUT2D eigenvalue weighted by atomic mass is 15.2. The van der Waals surface area contributed by atoms with E-state index < -0.39 is 0 Å². The largest absolute Gasteiger partial charge is 0.309 e. The number of hydrogen-bond acceptors (Lipinski definition) is 4. The van der Waals surface area contributed by atoms with Crippen LogP contribution in [0.2, 0.25) is 0 Å². The fraction of sp³-hybridized carbons (Fsp3) is 0. The van der Waals surface area contributed by atoms with Crippen molar-refractivity contribution in [2.24, 2.45) is 0 Å².